The summed E-state index contributed by atoms with van der Waals surface area (Å²) in [4.78, 5) is 4.02. The zero-order valence-corrected chi connectivity index (χ0v) is 14.8. The smallest absolute Gasteiger partial charge is 0.0115 e. The van der Waals surface area contributed by atoms with Gasteiger partial charge in [-0.2, -0.15) is 0 Å². The predicted octanol–water partition coefficient (Wildman–Crippen LogP) is 3.88. The van der Waals surface area contributed by atoms with E-state index in [1.807, 2.05) is 11.3 Å². The van der Waals surface area contributed by atoms with Crippen molar-refractivity contribution in [2.75, 3.05) is 20.1 Å². The van der Waals surface area contributed by atoms with Gasteiger partial charge >= 0.3 is 0 Å². The van der Waals surface area contributed by atoms with Gasteiger partial charge in [-0.3, -0.25) is 0 Å². The second kappa shape index (κ2) is 8.81. The summed E-state index contributed by atoms with van der Waals surface area (Å²) in [6.07, 6.45) is 1.16. The normalized spacial score (nSPS) is 16.6. The average molecular weight is 297 g/mol. The molecular formula is C17H32N2S. The molecule has 0 fully saturated rings. The second-order valence-electron chi connectivity index (χ2n) is 6.57. The molecule has 1 aromatic rings. The third-order valence-electron chi connectivity index (χ3n) is 4.26. The fourth-order valence-electron chi connectivity index (χ4n) is 2.44. The van der Waals surface area contributed by atoms with Crippen LogP contribution in [0.3, 0.4) is 0 Å². The van der Waals surface area contributed by atoms with Crippen LogP contribution >= 0.6 is 11.3 Å². The van der Waals surface area contributed by atoms with Crippen LogP contribution in [-0.2, 0) is 6.42 Å². The molecule has 0 aliphatic rings. The molecule has 0 aliphatic carbocycles. The lowest BCUT2D eigenvalue weighted by Gasteiger charge is -2.34. The molecule has 0 amide bonds. The van der Waals surface area contributed by atoms with Crippen LogP contribution in [-0.4, -0.2) is 37.1 Å². The van der Waals surface area contributed by atoms with E-state index in [1.54, 1.807) is 0 Å². The summed E-state index contributed by atoms with van der Waals surface area (Å²) in [6.45, 7) is 13.8. The molecule has 0 radical (unpaired) electrons. The number of likely N-dealkylation sites (N-methyl/N-ethyl adjacent to an activating group) is 1. The van der Waals surface area contributed by atoms with Crippen LogP contribution < -0.4 is 5.32 Å². The summed E-state index contributed by atoms with van der Waals surface area (Å²) in [6, 6.07) is 5.59. The van der Waals surface area contributed by atoms with Gasteiger partial charge in [0.1, 0.15) is 0 Å². The summed E-state index contributed by atoms with van der Waals surface area (Å²) < 4.78 is 0. The Balaban J connectivity index is 2.38. The molecule has 0 bridgehead atoms. The fourth-order valence-corrected chi connectivity index (χ4v) is 3.26. The Morgan fingerprint density at radius 2 is 1.85 bits per heavy atom. The second-order valence-corrected chi connectivity index (χ2v) is 7.60. The van der Waals surface area contributed by atoms with E-state index in [2.05, 4.69) is 69.4 Å². The Labute approximate surface area is 129 Å². The SMILES string of the molecule is CC(C)CNCC(C)C(C)N(C)C(C)Cc1cccs1. The first-order valence-electron chi connectivity index (χ1n) is 7.86. The van der Waals surface area contributed by atoms with Crippen molar-refractivity contribution < 1.29 is 0 Å². The standard InChI is InChI=1S/C17H32N2S/c1-13(2)11-18-12-14(3)16(5)19(6)15(4)10-17-8-7-9-20-17/h7-9,13-16,18H,10-12H2,1-6H3. The highest BCUT2D eigenvalue weighted by Crippen LogP contribution is 2.17. The Hall–Kier alpha value is -0.380. The van der Waals surface area contributed by atoms with Crippen LogP contribution in [0.2, 0.25) is 0 Å². The zero-order chi connectivity index (χ0) is 15.1. The van der Waals surface area contributed by atoms with Crippen LogP contribution in [0.25, 0.3) is 0 Å². The van der Waals surface area contributed by atoms with E-state index >= 15 is 0 Å². The molecule has 1 heterocycles. The van der Waals surface area contributed by atoms with Gasteiger partial charge in [-0.1, -0.05) is 26.8 Å². The van der Waals surface area contributed by atoms with Crippen molar-refractivity contribution in [3.8, 4) is 0 Å². The molecule has 3 heteroatoms. The topological polar surface area (TPSA) is 15.3 Å². The van der Waals surface area contributed by atoms with Crippen molar-refractivity contribution in [1.29, 1.82) is 0 Å². The number of thiophene rings is 1. The summed E-state index contributed by atoms with van der Waals surface area (Å²) in [5.74, 6) is 1.40. The number of hydrogen-bond acceptors (Lipinski definition) is 3. The molecule has 1 rings (SSSR count). The third-order valence-corrected chi connectivity index (χ3v) is 5.16. The van der Waals surface area contributed by atoms with Gasteiger partial charge in [-0.15, -0.1) is 11.3 Å². The van der Waals surface area contributed by atoms with Crippen molar-refractivity contribution in [3.05, 3.63) is 22.4 Å². The van der Waals surface area contributed by atoms with Gasteiger partial charge < -0.3 is 10.2 Å². The molecule has 0 saturated heterocycles. The van der Waals surface area contributed by atoms with Crippen molar-refractivity contribution in [2.24, 2.45) is 11.8 Å². The van der Waals surface area contributed by atoms with Crippen LogP contribution in [0.5, 0.6) is 0 Å². The summed E-state index contributed by atoms with van der Waals surface area (Å²) >= 11 is 1.87. The molecule has 1 aromatic heterocycles. The van der Waals surface area contributed by atoms with E-state index < -0.39 is 0 Å². The molecule has 0 saturated carbocycles. The lowest BCUT2D eigenvalue weighted by Crippen LogP contribution is -2.44. The molecule has 3 unspecified atom stereocenters. The van der Waals surface area contributed by atoms with Crippen molar-refractivity contribution in [3.63, 3.8) is 0 Å². The summed E-state index contributed by atoms with van der Waals surface area (Å²) in [5.41, 5.74) is 0. The maximum atomic E-state index is 3.58. The third kappa shape index (κ3) is 5.94. The van der Waals surface area contributed by atoms with Crippen molar-refractivity contribution in [2.45, 2.75) is 53.1 Å². The van der Waals surface area contributed by atoms with Gasteiger partial charge in [-0.05, 0) is 63.7 Å². The highest BCUT2D eigenvalue weighted by Gasteiger charge is 2.21. The van der Waals surface area contributed by atoms with E-state index in [1.165, 1.54) is 4.88 Å². The Morgan fingerprint density at radius 3 is 2.40 bits per heavy atom. The van der Waals surface area contributed by atoms with Gasteiger partial charge in [0.05, 0.1) is 0 Å². The lowest BCUT2D eigenvalue weighted by molar-refractivity contribution is 0.149. The van der Waals surface area contributed by atoms with Gasteiger partial charge in [-0.25, -0.2) is 0 Å². The predicted molar refractivity (Wildman–Crippen MR) is 91.6 cm³/mol. The largest absolute Gasteiger partial charge is 0.316 e. The van der Waals surface area contributed by atoms with Crippen LogP contribution in [0.15, 0.2) is 17.5 Å². The molecule has 116 valence electrons. The Bertz CT molecular complexity index is 348. The van der Waals surface area contributed by atoms with Crippen LogP contribution in [0.1, 0.15) is 39.5 Å². The minimum absolute atomic E-state index is 0.594. The summed E-state index contributed by atoms with van der Waals surface area (Å²) in [5, 5.41) is 5.75. The minimum Gasteiger partial charge on any atom is -0.316 e. The van der Waals surface area contributed by atoms with Crippen LogP contribution in [0, 0.1) is 11.8 Å². The molecule has 1 N–H and O–H groups in total. The zero-order valence-electron chi connectivity index (χ0n) is 14.0. The van der Waals surface area contributed by atoms with Gasteiger partial charge in [0.15, 0.2) is 0 Å². The number of nitrogens with zero attached hydrogens (tertiary/aromatic N) is 1. The molecule has 2 nitrogen and oxygen atoms in total. The van der Waals surface area contributed by atoms with E-state index in [0.29, 0.717) is 18.0 Å². The van der Waals surface area contributed by atoms with E-state index in [-0.39, 0.29) is 0 Å². The number of rotatable bonds is 9. The molecule has 0 aliphatic heterocycles. The van der Waals surface area contributed by atoms with Gasteiger partial charge in [0, 0.05) is 17.0 Å². The first-order chi connectivity index (χ1) is 9.41. The summed E-state index contributed by atoms with van der Waals surface area (Å²) in [7, 11) is 2.27. The van der Waals surface area contributed by atoms with Gasteiger partial charge in [0.2, 0.25) is 0 Å². The van der Waals surface area contributed by atoms with E-state index in [9.17, 15) is 0 Å². The first-order valence-corrected chi connectivity index (χ1v) is 8.74. The highest BCUT2D eigenvalue weighted by atomic mass is 32.1. The number of hydrogen-bond donors (Lipinski definition) is 1. The minimum atomic E-state index is 0.594. The Kier molecular flexibility index (Phi) is 7.78. The van der Waals surface area contributed by atoms with Crippen LogP contribution in [0.4, 0.5) is 0 Å². The lowest BCUT2D eigenvalue weighted by atomic mass is 10.00. The fraction of sp³-hybridized carbons (Fsp3) is 0.765. The first kappa shape index (κ1) is 17.7. The van der Waals surface area contributed by atoms with Crippen molar-refractivity contribution in [1.82, 2.24) is 10.2 Å². The number of nitrogens with one attached hydrogen (secondary N) is 1. The molecule has 0 aromatic carbocycles. The van der Waals surface area contributed by atoms with E-state index in [4.69, 9.17) is 0 Å². The molecule has 3 atom stereocenters. The monoisotopic (exact) mass is 296 g/mol. The maximum absolute atomic E-state index is 3.58. The van der Waals surface area contributed by atoms with Gasteiger partial charge in [0.25, 0.3) is 0 Å². The molecular weight excluding hydrogens is 264 g/mol. The Morgan fingerprint density at radius 1 is 1.15 bits per heavy atom. The average Bonchev–Trinajstić information content (AvgIpc) is 2.89. The quantitative estimate of drug-likeness (QED) is 0.744. The molecule has 0 spiro atoms. The maximum Gasteiger partial charge on any atom is 0.0115 e. The highest BCUT2D eigenvalue weighted by molar-refractivity contribution is 7.09. The van der Waals surface area contributed by atoms with E-state index in [0.717, 1.165) is 25.4 Å². The molecule has 20 heavy (non-hydrogen) atoms. The van der Waals surface area contributed by atoms with Crippen molar-refractivity contribution >= 4 is 11.3 Å².